The second-order valence-electron chi connectivity index (χ2n) is 7.76. The van der Waals surface area contributed by atoms with E-state index in [9.17, 15) is 14.4 Å². The summed E-state index contributed by atoms with van der Waals surface area (Å²) in [7, 11) is 2.73. The molecule has 4 aromatic rings. The lowest BCUT2D eigenvalue weighted by Crippen LogP contribution is -2.42. The van der Waals surface area contributed by atoms with Crippen molar-refractivity contribution in [3.8, 4) is 17.1 Å². The van der Waals surface area contributed by atoms with Crippen LogP contribution in [0.25, 0.3) is 17.1 Å². The van der Waals surface area contributed by atoms with Crippen LogP contribution in [-0.2, 0) is 14.1 Å². The standard InChI is InChI=1S/C23H23N7O3S/c1-13-8-5-6-10-16(13)30-20(15-9-7-11-25-12-15)26-27-22(30)34-14(2)18(31)17-19(24)28(3)23(33)29(4)21(17)32/h5-12,14H,24H2,1-4H3. The van der Waals surface area contributed by atoms with Crippen molar-refractivity contribution >= 4 is 23.4 Å². The van der Waals surface area contributed by atoms with Gasteiger partial charge in [0.25, 0.3) is 5.56 Å². The number of hydrogen-bond acceptors (Lipinski definition) is 8. The molecule has 174 valence electrons. The molecule has 0 fully saturated rings. The molecule has 0 aliphatic heterocycles. The van der Waals surface area contributed by atoms with Gasteiger partial charge in [0, 0.05) is 32.1 Å². The second-order valence-corrected chi connectivity index (χ2v) is 9.07. The second kappa shape index (κ2) is 9.10. The number of Topliss-reactive ketones (excluding diaryl/α,β-unsaturated/α-hetero) is 1. The first kappa shape index (κ1) is 23.2. The molecule has 0 amide bonds. The fourth-order valence-corrected chi connectivity index (χ4v) is 4.49. The summed E-state index contributed by atoms with van der Waals surface area (Å²) in [5.74, 6) is -0.0926. The van der Waals surface area contributed by atoms with Gasteiger partial charge in [0.1, 0.15) is 11.4 Å². The number of rotatable bonds is 6. The van der Waals surface area contributed by atoms with E-state index >= 15 is 0 Å². The molecule has 0 saturated heterocycles. The maximum Gasteiger partial charge on any atom is 0.332 e. The minimum atomic E-state index is -0.735. The van der Waals surface area contributed by atoms with Crippen molar-refractivity contribution < 1.29 is 4.79 Å². The van der Waals surface area contributed by atoms with Crippen LogP contribution in [0.5, 0.6) is 0 Å². The zero-order valence-electron chi connectivity index (χ0n) is 19.1. The van der Waals surface area contributed by atoms with E-state index in [1.807, 2.05) is 47.9 Å². The van der Waals surface area contributed by atoms with Crippen LogP contribution in [0.3, 0.4) is 0 Å². The predicted octanol–water partition coefficient (Wildman–Crippen LogP) is 1.98. The highest BCUT2D eigenvalue weighted by molar-refractivity contribution is 8.00. The van der Waals surface area contributed by atoms with Gasteiger partial charge in [0.15, 0.2) is 16.8 Å². The number of anilines is 1. The first-order chi connectivity index (χ1) is 16.2. The monoisotopic (exact) mass is 477 g/mol. The Balaban J connectivity index is 1.79. The average Bonchev–Trinajstić information content (AvgIpc) is 3.25. The molecule has 0 bridgehead atoms. The van der Waals surface area contributed by atoms with Gasteiger partial charge in [-0.1, -0.05) is 30.0 Å². The molecule has 0 saturated carbocycles. The van der Waals surface area contributed by atoms with Crippen LogP contribution >= 0.6 is 11.8 Å². The number of para-hydroxylation sites is 1. The molecule has 0 radical (unpaired) electrons. The number of carbonyl (C=O) groups excluding carboxylic acids is 1. The molecule has 0 aliphatic carbocycles. The van der Waals surface area contributed by atoms with E-state index in [-0.39, 0.29) is 11.4 Å². The lowest BCUT2D eigenvalue weighted by Gasteiger charge is -2.16. The zero-order valence-corrected chi connectivity index (χ0v) is 19.9. The van der Waals surface area contributed by atoms with Crippen LogP contribution < -0.4 is 17.0 Å². The Hall–Kier alpha value is -3.99. The van der Waals surface area contributed by atoms with Gasteiger partial charge in [0.2, 0.25) is 0 Å². The molecule has 10 nitrogen and oxygen atoms in total. The summed E-state index contributed by atoms with van der Waals surface area (Å²) in [5.41, 5.74) is 7.04. The van der Waals surface area contributed by atoms with E-state index in [1.165, 1.54) is 14.1 Å². The fourth-order valence-electron chi connectivity index (χ4n) is 3.57. The largest absolute Gasteiger partial charge is 0.384 e. The summed E-state index contributed by atoms with van der Waals surface area (Å²) in [6, 6.07) is 11.4. The van der Waals surface area contributed by atoms with Crippen LogP contribution in [0, 0.1) is 6.92 Å². The molecule has 1 atom stereocenters. The van der Waals surface area contributed by atoms with Crippen molar-refractivity contribution in [3.05, 3.63) is 80.8 Å². The number of aromatic nitrogens is 6. The number of pyridine rings is 1. The summed E-state index contributed by atoms with van der Waals surface area (Å²) >= 11 is 1.15. The maximum atomic E-state index is 13.3. The highest BCUT2D eigenvalue weighted by Gasteiger charge is 2.28. The van der Waals surface area contributed by atoms with Gasteiger partial charge >= 0.3 is 5.69 Å². The third kappa shape index (κ3) is 3.94. The first-order valence-corrected chi connectivity index (χ1v) is 11.3. The zero-order chi connectivity index (χ0) is 24.6. The third-order valence-corrected chi connectivity index (χ3v) is 6.56. The molecule has 3 heterocycles. The van der Waals surface area contributed by atoms with Crippen molar-refractivity contribution in [1.82, 2.24) is 28.9 Å². The number of nitrogens with zero attached hydrogens (tertiary/aromatic N) is 6. The van der Waals surface area contributed by atoms with Crippen molar-refractivity contribution in [2.75, 3.05) is 5.73 Å². The molecule has 11 heteroatoms. The van der Waals surface area contributed by atoms with Crippen molar-refractivity contribution in [2.24, 2.45) is 14.1 Å². The third-order valence-electron chi connectivity index (χ3n) is 5.52. The maximum absolute atomic E-state index is 13.3. The van der Waals surface area contributed by atoms with Gasteiger partial charge in [-0.25, -0.2) is 4.79 Å². The molecule has 1 aromatic carbocycles. The normalized spacial score (nSPS) is 12.0. The number of carbonyl (C=O) groups is 1. The molecule has 3 aromatic heterocycles. The summed E-state index contributed by atoms with van der Waals surface area (Å²) in [6.45, 7) is 3.64. The van der Waals surface area contributed by atoms with Crippen LogP contribution in [0.15, 0.2) is 63.5 Å². The SMILES string of the molecule is Cc1ccccc1-n1c(SC(C)C(=O)c2c(N)n(C)c(=O)n(C)c2=O)nnc1-c1cccnc1. The van der Waals surface area contributed by atoms with Crippen LogP contribution in [0.1, 0.15) is 22.8 Å². The fraction of sp³-hybridized carbons (Fsp3) is 0.217. The summed E-state index contributed by atoms with van der Waals surface area (Å²) in [6.07, 6.45) is 3.36. The highest BCUT2D eigenvalue weighted by Crippen LogP contribution is 2.32. The van der Waals surface area contributed by atoms with Gasteiger partial charge in [-0.15, -0.1) is 10.2 Å². The van der Waals surface area contributed by atoms with Crippen molar-refractivity contribution in [2.45, 2.75) is 24.3 Å². The summed E-state index contributed by atoms with van der Waals surface area (Å²) in [4.78, 5) is 42.3. The smallest absolute Gasteiger partial charge is 0.332 e. The van der Waals surface area contributed by atoms with Crippen LogP contribution in [0.2, 0.25) is 0 Å². The quantitative estimate of drug-likeness (QED) is 0.329. The number of ketones is 1. The Labute approximate surface area is 199 Å². The minimum Gasteiger partial charge on any atom is -0.384 e. The van der Waals surface area contributed by atoms with Crippen molar-refractivity contribution in [3.63, 3.8) is 0 Å². The van der Waals surface area contributed by atoms with E-state index in [4.69, 9.17) is 5.73 Å². The number of nitrogen functional groups attached to an aromatic ring is 1. The van der Waals surface area contributed by atoms with Gasteiger partial charge in [-0.2, -0.15) is 0 Å². The van der Waals surface area contributed by atoms with Crippen molar-refractivity contribution in [1.29, 1.82) is 0 Å². The molecule has 1 unspecified atom stereocenters. The topological polar surface area (TPSA) is 131 Å². The van der Waals surface area contributed by atoms with Gasteiger partial charge in [-0.3, -0.25) is 28.3 Å². The Morgan fingerprint density at radius 2 is 1.79 bits per heavy atom. The number of nitrogens with two attached hydrogens (primary N) is 1. The van der Waals surface area contributed by atoms with Gasteiger partial charge in [-0.05, 0) is 37.6 Å². The lowest BCUT2D eigenvalue weighted by atomic mass is 10.1. The lowest BCUT2D eigenvalue weighted by molar-refractivity contribution is 0.0992. The van der Waals surface area contributed by atoms with Gasteiger partial charge in [0.05, 0.1) is 10.9 Å². The van der Waals surface area contributed by atoms with E-state index in [2.05, 4.69) is 15.2 Å². The number of thioether (sulfide) groups is 1. The number of benzene rings is 1. The van der Waals surface area contributed by atoms with Crippen LogP contribution in [-0.4, -0.2) is 39.9 Å². The van der Waals surface area contributed by atoms with E-state index in [1.54, 1.807) is 19.3 Å². The molecule has 0 aliphatic rings. The Kier molecular flexibility index (Phi) is 6.20. The molecular weight excluding hydrogens is 454 g/mol. The average molecular weight is 478 g/mol. The summed E-state index contributed by atoms with van der Waals surface area (Å²) in [5, 5.41) is 8.45. The predicted molar refractivity (Wildman–Crippen MR) is 130 cm³/mol. The Morgan fingerprint density at radius 1 is 1.06 bits per heavy atom. The van der Waals surface area contributed by atoms with E-state index < -0.39 is 22.3 Å². The Bertz CT molecular complexity index is 1510. The molecule has 4 rings (SSSR count). The van der Waals surface area contributed by atoms with Crippen LogP contribution in [0.4, 0.5) is 5.82 Å². The van der Waals surface area contributed by atoms with E-state index in [0.29, 0.717) is 11.0 Å². The molecular formula is C23H23N7O3S. The minimum absolute atomic E-state index is 0.165. The first-order valence-electron chi connectivity index (χ1n) is 10.4. The highest BCUT2D eigenvalue weighted by atomic mass is 32.2. The Morgan fingerprint density at radius 3 is 2.47 bits per heavy atom. The molecule has 2 N–H and O–H groups in total. The van der Waals surface area contributed by atoms with Gasteiger partial charge < -0.3 is 5.73 Å². The molecule has 0 spiro atoms. The molecule has 34 heavy (non-hydrogen) atoms. The van der Waals surface area contributed by atoms with E-state index in [0.717, 1.165) is 37.7 Å². The summed E-state index contributed by atoms with van der Waals surface area (Å²) < 4.78 is 3.82. The number of aryl methyl sites for hydroxylation is 1. The number of hydrogen-bond donors (Lipinski definition) is 1.